The summed E-state index contributed by atoms with van der Waals surface area (Å²) in [5.41, 5.74) is 1.68. The molecule has 0 radical (unpaired) electrons. The molecule has 1 N–H and O–H groups in total. The zero-order chi connectivity index (χ0) is 20.8. The fraction of sp³-hybridized carbons (Fsp3) is 0.200. The van der Waals surface area contributed by atoms with E-state index < -0.39 is 10.8 Å². The molecule has 1 aromatic heterocycles. The third-order valence-corrected chi connectivity index (χ3v) is 4.26. The Kier molecular flexibility index (Phi) is 6.08. The van der Waals surface area contributed by atoms with Gasteiger partial charge in [-0.3, -0.25) is 14.9 Å². The van der Waals surface area contributed by atoms with Gasteiger partial charge >= 0.3 is 0 Å². The molecule has 9 heteroatoms. The van der Waals surface area contributed by atoms with E-state index in [1.54, 1.807) is 6.07 Å². The zero-order valence-corrected chi connectivity index (χ0v) is 15.9. The van der Waals surface area contributed by atoms with Crippen molar-refractivity contribution in [2.24, 2.45) is 0 Å². The number of methoxy groups -OCH3 is 2. The van der Waals surface area contributed by atoms with Crippen molar-refractivity contribution in [1.29, 1.82) is 0 Å². The average molecular weight is 397 g/mol. The first kappa shape index (κ1) is 19.9. The van der Waals surface area contributed by atoms with Crippen molar-refractivity contribution in [1.82, 2.24) is 10.5 Å². The monoisotopic (exact) mass is 397 g/mol. The van der Waals surface area contributed by atoms with E-state index in [1.165, 1.54) is 26.4 Å². The molecule has 0 atom stereocenters. The predicted molar refractivity (Wildman–Crippen MR) is 104 cm³/mol. The van der Waals surface area contributed by atoms with Crippen LogP contribution in [0.2, 0.25) is 0 Å². The molecule has 0 spiro atoms. The standard InChI is InChI=1S/C20H19N3O6/c1-27-17-10-14(16(23(25)26)12-18(17)28-2)8-9-21-20(24)19-11-15(22-29-19)13-6-4-3-5-7-13/h3-7,10-12H,8-9H2,1-2H3,(H,21,24). The Morgan fingerprint density at radius 1 is 1.14 bits per heavy atom. The summed E-state index contributed by atoms with van der Waals surface area (Å²) in [4.78, 5) is 23.1. The van der Waals surface area contributed by atoms with Gasteiger partial charge in [-0.1, -0.05) is 35.5 Å². The Bertz CT molecular complexity index is 1020. The summed E-state index contributed by atoms with van der Waals surface area (Å²) < 4.78 is 15.4. The van der Waals surface area contributed by atoms with E-state index in [2.05, 4.69) is 10.5 Å². The van der Waals surface area contributed by atoms with Crippen LogP contribution in [-0.4, -0.2) is 36.8 Å². The molecule has 0 aliphatic heterocycles. The first-order chi connectivity index (χ1) is 14.0. The zero-order valence-electron chi connectivity index (χ0n) is 15.9. The number of nitrogens with one attached hydrogen (secondary N) is 1. The van der Waals surface area contributed by atoms with Gasteiger partial charge in [0.2, 0.25) is 5.76 Å². The Morgan fingerprint density at radius 2 is 1.83 bits per heavy atom. The average Bonchev–Trinajstić information content (AvgIpc) is 3.24. The van der Waals surface area contributed by atoms with Gasteiger partial charge in [0, 0.05) is 23.7 Å². The summed E-state index contributed by atoms with van der Waals surface area (Å²) in [7, 11) is 2.85. The highest BCUT2D eigenvalue weighted by atomic mass is 16.6. The van der Waals surface area contributed by atoms with Crippen molar-refractivity contribution in [2.45, 2.75) is 6.42 Å². The highest BCUT2D eigenvalue weighted by Crippen LogP contribution is 2.34. The van der Waals surface area contributed by atoms with E-state index in [-0.39, 0.29) is 30.2 Å². The van der Waals surface area contributed by atoms with Crippen molar-refractivity contribution in [3.8, 4) is 22.8 Å². The van der Waals surface area contributed by atoms with Crippen LogP contribution in [-0.2, 0) is 6.42 Å². The molecule has 29 heavy (non-hydrogen) atoms. The Hall–Kier alpha value is -3.88. The SMILES string of the molecule is COc1cc(CCNC(=O)c2cc(-c3ccccc3)no2)c([N+](=O)[O-])cc1OC. The van der Waals surface area contributed by atoms with Crippen LogP contribution in [0.5, 0.6) is 11.5 Å². The van der Waals surface area contributed by atoms with Crippen molar-refractivity contribution < 1.29 is 23.7 Å². The van der Waals surface area contributed by atoms with Gasteiger partial charge in [0.15, 0.2) is 11.5 Å². The molecule has 3 rings (SSSR count). The number of nitro groups is 1. The number of amides is 1. The van der Waals surface area contributed by atoms with Gasteiger partial charge in [0.25, 0.3) is 11.6 Å². The summed E-state index contributed by atoms with van der Waals surface area (Å²) in [5, 5.41) is 17.9. The second-order valence-electron chi connectivity index (χ2n) is 6.04. The normalized spacial score (nSPS) is 10.4. The van der Waals surface area contributed by atoms with E-state index in [1.807, 2.05) is 30.3 Å². The van der Waals surface area contributed by atoms with Crippen molar-refractivity contribution in [2.75, 3.05) is 20.8 Å². The van der Waals surface area contributed by atoms with E-state index in [0.29, 0.717) is 17.0 Å². The summed E-state index contributed by atoms with van der Waals surface area (Å²) in [6, 6.07) is 13.7. The number of carbonyl (C=O) groups is 1. The van der Waals surface area contributed by atoms with Crippen LogP contribution in [0.25, 0.3) is 11.3 Å². The van der Waals surface area contributed by atoms with Crippen LogP contribution >= 0.6 is 0 Å². The molecule has 0 aliphatic carbocycles. The molecule has 0 bridgehead atoms. The van der Waals surface area contributed by atoms with E-state index in [0.717, 1.165) is 5.56 Å². The van der Waals surface area contributed by atoms with Gasteiger partial charge in [0.05, 0.1) is 25.2 Å². The first-order valence-electron chi connectivity index (χ1n) is 8.73. The highest BCUT2D eigenvalue weighted by Gasteiger charge is 2.20. The number of carbonyl (C=O) groups excluding carboxylic acids is 1. The minimum atomic E-state index is -0.498. The largest absolute Gasteiger partial charge is 0.493 e. The van der Waals surface area contributed by atoms with Crippen molar-refractivity contribution in [3.05, 3.63) is 70.0 Å². The van der Waals surface area contributed by atoms with E-state index in [9.17, 15) is 14.9 Å². The fourth-order valence-corrected chi connectivity index (χ4v) is 2.81. The summed E-state index contributed by atoms with van der Waals surface area (Å²) >= 11 is 0. The molecule has 0 aliphatic rings. The number of rotatable bonds is 8. The molecule has 2 aromatic carbocycles. The number of nitro benzene ring substituents is 1. The Balaban J connectivity index is 1.67. The van der Waals surface area contributed by atoms with Gasteiger partial charge in [-0.2, -0.15) is 0 Å². The van der Waals surface area contributed by atoms with E-state index in [4.69, 9.17) is 14.0 Å². The molecular formula is C20H19N3O6. The molecule has 0 unspecified atom stereocenters. The molecule has 9 nitrogen and oxygen atoms in total. The van der Waals surface area contributed by atoms with Gasteiger partial charge in [-0.05, 0) is 12.5 Å². The molecule has 3 aromatic rings. The molecule has 1 amide bonds. The summed E-state index contributed by atoms with van der Waals surface area (Å²) in [5.74, 6) is 0.248. The second kappa shape index (κ2) is 8.87. The second-order valence-corrected chi connectivity index (χ2v) is 6.04. The predicted octanol–water partition coefficient (Wildman–Crippen LogP) is 3.24. The maximum atomic E-state index is 12.3. The van der Waals surface area contributed by atoms with E-state index >= 15 is 0 Å². The molecule has 1 heterocycles. The van der Waals surface area contributed by atoms with Gasteiger partial charge in [-0.25, -0.2) is 0 Å². The van der Waals surface area contributed by atoms with Crippen LogP contribution in [0.3, 0.4) is 0 Å². The number of nitrogens with zero attached hydrogens (tertiary/aromatic N) is 2. The molecule has 0 fully saturated rings. The third-order valence-electron chi connectivity index (χ3n) is 4.26. The lowest BCUT2D eigenvalue weighted by atomic mass is 10.1. The summed E-state index contributed by atoms with van der Waals surface area (Å²) in [6.07, 6.45) is 0.224. The number of aromatic nitrogens is 1. The fourth-order valence-electron chi connectivity index (χ4n) is 2.81. The van der Waals surface area contributed by atoms with Crippen LogP contribution in [0.1, 0.15) is 16.1 Å². The maximum absolute atomic E-state index is 12.3. The van der Waals surface area contributed by atoms with Crippen LogP contribution in [0.4, 0.5) is 5.69 Å². The minimum Gasteiger partial charge on any atom is -0.493 e. The number of ether oxygens (including phenoxy) is 2. The third kappa shape index (κ3) is 4.52. The topological polar surface area (TPSA) is 117 Å². The lowest BCUT2D eigenvalue weighted by Crippen LogP contribution is -2.25. The summed E-state index contributed by atoms with van der Waals surface area (Å²) in [6.45, 7) is 0.163. The number of hydrogen-bond donors (Lipinski definition) is 1. The maximum Gasteiger partial charge on any atom is 0.289 e. The van der Waals surface area contributed by atoms with Crippen LogP contribution in [0.15, 0.2) is 53.1 Å². The number of hydrogen-bond acceptors (Lipinski definition) is 7. The minimum absolute atomic E-state index is 0.0608. The molecular weight excluding hydrogens is 378 g/mol. The Morgan fingerprint density at radius 3 is 2.48 bits per heavy atom. The molecule has 0 saturated heterocycles. The van der Waals surface area contributed by atoms with Gasteiger partial charge < -0.3 is 19.3 Å². The quantitative estimate of drug-likeness (QED) is 0.458. The smallest absolute Gasteiger partial charge is 0.289 e. The lowest BCUT2D eigenvalue weighted by Gasteiger charge is -2.10. The number of benzene rings is 2. The molecule has 150 valence electrons. The lowest BCUT2D eigenvalue weighted by molar-refractivity contribution is -0.385. The van der Waals surface area contributed by atoms with Gasteiger partial charge in [-0.15, -0.1) is 0 Å². The Labute approximate surface area is 166 Å². The highest BCUT2D eigenvalue weighted by molar-refractivity contribution is 5.92. The van der Waals surface area contributed by atoms with Gasteiger partial charge in [0.1, 0.15) is 5.69 Å². The first-order valence-corrected chi connectivity index (χ1v) is 8.73. The van der Waals surface area contributed by atoms with Crippen LogP contribution in [0, 0.1) is 10.1 Å². The molecule has 0 saturated carbocycles. The van der Waals surface area contributed by atoms with Crippen molar-refractivity contribution >= 4 is 11.6 Å². The van der Waals surface area contributed by atoms with Crippen molar-refractivity contribution in [3.63, 3.8) is 0 Å². The van der Waals surface area contributed by atoms with Crippen LogP contribution < -0.4 is 14.8 Å².